The molecule has 1 N–H and O–H groups in total. The SMILES string of the molecule is C=CC(O)CCN1CCN(C(=O)OC(C)(C)C)CC1. The van der Waals surface area contributed by atoms with Crippen molar-refractivity contribution in [2.45, 2.75) is 38.9 Å². The molecule has 0 aromatic carbocycles. The Bertz CT molecular complexity index is 304. The largest absolute Gasteiger partial charge is 0.444 e. The molecule has 1 atom stereocenters. The molecule has 1 aliphatic heterocycles. The maximum atomic E-state index is 11.9. The van der Waals surface area contributed by atoms with Crippen molar-refractivity contribution in [2.24, 2.45) is 0 Å². The summed E-state index contributed by atoms with van der Waals surface area (Å²) in [4.78, 5) is 15.9. The first-order chi connectivity index (χ1) is 8.81. The van der Waals surface area contributed by atoms with Crippen LogP contribution < -0.4 is 0 Å². The Hall–Kier alpha value is -1.07. The molecule has 1 aliphatic rings. The predicted molar refractivity (Wildman–Crippen MR) is 75.1 cm³/mol. The van der Waals surface area contributed by atoms with Crippen LogP contribution >= 0.6 is 0 Å². The van der Waals surface area contributed by atoms with Crippen LogP contribution in [0.3, 0.4) is 0 Å². The number of hydrogen-bond donors (Lipinski definition) is 1. The Morgan fingerprint density at radius 2 is 1.95 bits per heavy atom. The van der Waals surface area contributed by atoms with Gasteiger partial charge in [-0.3, -0.25) is 4.90 Å². The van der Waals surface area contributed by atoms with Gasteiger partial charge in [0.25, 0.3) is 0 Å². The molecule has 1 fully saturated rings. The monoisotopic (exact) mass is 270 g/mol. The molecule has 5 heteroatoms. The van der Waals surface area contributed by atoms with E-state index in [0.717, 1.165) is 19.6 Å². The van der Waals surface area contributed by atoms with E-state index in [1.165, 1.54) is 0 Å². The minimum absolute atomic E-state index is 0.238. The van der Waals surface area contributed by atoms with Gasteiger partial charge in [0.1, 0.15) is 5.60 Å². The molecular weight excluding hydrogens is 244 g/mol. The van der Waals surface area contributed by atoms with E-state index in [9.17, 15) is 9.90 Å². The van der Waals surface area contributed by atoms with Gasteiger partial charge < -0.3 is 14.7 Å². The van der Waals surface area contributed by atoms with Crippen LogP contribution in [0, 0.1) is 0 Å². The summed E-state index contributed by atoms with van der Waals surface area (Å²) in [5.74, 6) is 0. The second-order valence-electron chi connectivity index (χ2n) is 5.90. The average molecular weight is 270 g/mol. The minimum atomic E-state index is -0.442. The molecule has 1 heterocycles. The summed E-state index contributed by atoms with van der Waals surface area (Å²) in [5.41, 5.74) is -0.442. The lowest BCUT2D eigenvalue weighted by atomic mass is 10.2. The highest BCUT2D eigenvalue weighted by molar-refractivity contribution is 5.68. The van der Waals surface area contributed by atoms with Crippen LogP contribution in [0.5, 0.6) is 0 Å². The van der Waals surface area contributed by atoms with E-state index < -0.39 is 11.7 Å². The summed E-state index contributed by atoms with van der Waals surface area (Å²) >= 11 is 0. The third-order valence-electron chi connectivity index (χ3n) is 3.04. The number of rotatable bonds is 4. The van der Waals surface area contributed by atoms with Gasteiger partial charge in [0.05, 0.1) is 6.10 Å². The number of ether oxygens (including phenoxy) is 1. The van der Waals surface area contributed by atoms with Gasteiger partial charge in [0, 0.05) is 32.7 Å². The quantitative estimate of drug-likeness (QED) is 0.786. The van der Waals surface area contributed by atoms with E-state index in [0.29, 0.717) is 19.5 Å². The fourth-order valence-corrected chi connectivity index (χ4v) is 1.91. The van der Waals surface area contributed by atoms with Crippen molar-refractivity contribution in [1.82, 2.24) is 9.80 Å². The standard InChI is InChI=1S/C14H26N2O3/c1-5-12(17)6-7-15-8-10-16(11-9-15)13(18)19-14(2,3)4/h5,12,17H,1,6-11H2,2-4H3. The molecule has 1 saturated heterocycles. The van der Waals surface area contributed by atoms with Crippen LogP contribution in [-0.2, 0) is 4.74 Å². The van der Waals surface area contributed by atoms with E-state index >= 15 is 0 Å². The molecule has 1 rings (SSSR count). The van der Waals surface area contributed by atoms with Gasteiger partial charge in [0.2, 0.25) is 0 Å². The van der Waals surface area contributed by atoms with Gasteiger partial charge in [-0.2, -0.15) is 0 Å². The Morgan fingerprint density at radius 1 is 1.37 bits per heavy atom. The van der Waals surface area contributed by atoms with Crippen LogP contribution in [0.15, 0.2) is 12.7 Å². The number of aliphatic hydroxyl groups excluding tert-OH is 1. The van der Waals surface area contributed by atoms with Crippen LogP contribution in [0.4, 0.5) is 4.79 Å². The van der Waals surface area contributed by atoms with Crippen LogP contribution in [-0.4, -0.2) is 65.4 Å². The molecular formula is C14H26N2O3. The maximum Gasteiger partial charge on any atom is 0.410 e. The average Bonchev–Trinajstić information content (AvgIpc) is 2.34. The lowest BCUT2D eigenvalue weighted by Gasteiger charge is -2.35. The Morgan fingerprint density at radius 3 is 2.42 bits per heavy atom. The Balaban J connectivity index is 2.28. The number of carbonyl (C=O) groups is 1. The van der Waals surface area contributed by atoms with Crippen molar-refractivity contribution in [3.8, 4) is 0 Å². The van der Waals surface area contributed by atoms with E-state index in [4.69, 9.17) is 4.74 Å². The number of piperazine rings is 1. The van der Waals surface area contributed by atoms with Gasteiger partial charge in [0.15, 0.2) is 0 Å². The minimum Gasteiger partial charge on any atom is -0.444 e. The topological polar surface area (TPSA) is 53.0 Å². The number of hydrogen-bond acceptors (Lipinski definition) is 4. The highest BCUT2D eigenvalue weighted by atomic mass is 16.6. The number of nitrogens with zero attached hydrogens (tertiary/aromatic N) is 2. The molecule has 5 nitrogen and oxygen atoms in total. The normalized spacial score (nSPS) is 19.1. The van der Waals surface area contributed by atoms with Crippen molar-refractivity contribution < 1.29 is 14.6 Å². The van der Waals surface area contributed by atoms with Crippen LogP contribution in [0.2, 0.25) is 0 Å². The first-order valence-corrected chi connectivity index (χ1v) is 6.83. The second-order valence-corrected chi connectivity index (χ2v) is 5.90. The first kappa shape index (κ1) is 16.0. The van der Waals surface area contributed by atoms with Gasteiger partial charge >= 0.3 is 6.09 Å². The van der Waals surface area contributed by atoms with Crippen LogP contribution in [0.1, 0.15) is 27.2 Å². The summed E-state index contributed by atoms with van der Waals surface area (Å²) in [6.45, 7) is 13.0. The molecule has 0 radical (unpaired) electrons. The molecule has 1 amide bonds. The number of carbonyl (C=O) groups excluding carboxylic acids is 1. The first-order valence-electron chi connectivity index (χ1n) is 6.83. The Labute approximate surface area is 115 Å². The van der Waals surface area contributed by atoms with Crippen molar-refractivity contribution in [1.29, 1.82) is 0 Å². The smallest absolute Gasteiger partial charge is 0.410 e. The third kappa shape index (κ3) is 6.07. The lowest BCUT2D eigenvalue weighted by molar-refractivity contribution is 0.0137. The van der Waals surface area contributed by atoms with Crippen molar-refractivity contribution in [3.63, 3.8) is 0 Å². The summed E-state index contributed by atoms with van der Waals surface area (Å²) in [7, 11) is 0. The van der Waals surface area contributed by atoms with E-state index in [1.807, 2.05) is 20.8 Å². The molecule has 1 unspecified atom stereocenters. The molecule has 110 valence electrons. The second kappa shape index (κ2) is 6.91. The highest BCUT2D eigenvalue weighted by Gasteiger charge is 2.25. The molecule has 0 bridgehead atoms. The highest BCUT2D eigenvalue weighted by Crippen LogP contribution is 2.12. The van der Waals surface area contributed by atoms with E-state index in [1.54, 1.807) is 11.0 Å². The molecule has 0 aliphatic carbocycles. The molecule has 19 heavy (non-hydrogen) atoms. The van der Waals surface area contributed by atoms with Crippen molar-refractivity contribution in [2.75, 3.05) is 32.7 Å². The number of aliphatic hydroxyl groups is 1. The van der Waals surface area contributed by atoms with E-state index in [2.05, 4.69) is 11.5 Å². The maximum absolute atomic E-state index is 11.9. The zero-order valence-electron chi connectivity index (χ0n) is 12.3. The summed E-state index contributed by atoms with van der Waals surface area (Å²) in [6, 6.07) is 0. The predicted octanol–water partition coefficient (Wildman–Crippen LogP) is 1.48. The van der Waals surface area contributed by atoms with E-state index in [-0.39, 0.29) is 6.09 Å². The van der Waals surface area contributed by atoms with Crippen molar-refractivity contribution >= 4 is 6.09 Å². The molecule has 0 saturated carbocycles. The zero-order chi connectivity index (χ0) is 14.5. The fraction of sp³-hybridized carbons (Fsp3) is 0.786. The van der Waals surface area contributed by atoms with Gasteiger partial charge in [-0.1, -0.05) is 6.08 Å². The molecule has 0 spiro atoms. The Kier molecular flexibility index (Phi) is 5.82. The van der Waals surface area contributed by atoms with Gasteiger partial charge in [-0.15, -0.1) is 6.58 Å². The lowest BCUT2D eigenvalue weighted by Crippen LogP contribution is -2.50. The molecule has 0 aromatic heterocycles. The molecule has 0 aromatic rings. The zero-order valence-corrected chi connectivity index (χ0v) is 12.3. The van der Waals surface area contributed by atoms with Crippen LogP contribution in [0.25, 0.3) is 0 Å². The summed E-state index contributed by atoms with van der Waals surface area (Å²) in [6.07, 6.45) is 1.56. The summed E-state index contributed by atoms with van der Waals surface area (Å²) in [5, 5.41) is 9.43. The third-order valence-corrected chi connectivity index (χ3v) is 3.04. The van der Waals surface area contributed by atoms with Gasteiger partial charge in [-0.25, -0.2) is 4.79 Å². The van der Waals surface area contributed by atoms with Crippen molar-refractivity contribution in [3.05, 3.63) is 12.7 Å². The van der Waals surface area contributed by atoms with Gasteiger partial charge in [-0.05, 0) is 27.2 Å². The number of amides is 1. The fourth-order valence-electron chi connectivity index (χ4n) is 1.91. The summed E-state index contributed by atoms with van der Waals surface area (Å²) < 4.78 is 5.34.